The fourth-order valence-corrected chi connectivity index (χ4v) is 4.68. The zero-order chi connectivity index (χ0) is 24.3. The van der Waals surface area contributed by atoms with Gasteiger partial charge in [-0.2, -0.15) is 0 Å². The van der Waals surface area contributed by atoms with E-state index in [4.69, 9.17) is 10.0 Å². The van der Waals surface area contributed by atoms with Gasteiger partial charge in [0.1, 0.15) is 23.0 Å². The topological polar surface area (TPSA) is 125 Å². The van der Waals surface area contributed by atoms with E-state index in [-0.39, 0.29) is 30.4 Å². The second-order valence-corrected chi connectivity index (χ2v) is 10.3. The molecule has 3 N–H and O–H groups in total. The van der Waals surface area contributed by atoms with Gasteiger partial charge in [-0.05, 0) is 31.0 Å². The number of hydroxylamine groups is 1. The summed E-state index contributed by atoms with van der Waals surface area (Å²) in [4.78, 5) is 16.9. The van der Waals surface area contributed by atoms with Crippen molar-refractivity contribution in [3.8, 4) is 11.1 Å². The Morgan fingerprint density at radius 2 is 1.85 bits per heavy atom. The van der Waals surface area contributed by atoms with Gasteiger partial charge in [0.2, 0.25) is 0 Å². The molecule has 0 saturated carbocycles. The number of benzene rings is 2. The Morgan fingerprint density at radius 1 is 1.21 bits per heavy atom. The fraction of sp³-hybridized carbons (Fsp3) is 0.364. The van der Waals surface area contributed by atoms with Gasteiger partial charge < -0.3 is 9.94 Å². The second kappa shape index (κ2) is 9.94. The van der Waals surface area contributed by atoms with Crippen molar-refractivity contribution >= 4 is 21.5 Å². The molecule has 1 heterocycles. The number of rotatable bonds is 8. The number of oxime groups is 1. The average molecular weight is 483 g/mol. The Morgan fingerprint density at radius 3 is 2.39 bits per heavy atom. The molecule has 3 rings (SSSR count). The third-order valence-corrected chi connectivity index (χ3v) is 6.73. The van der Waals surface area contributed by atoms with Crippen molar-refractivity contribution in [1.29, 1.82) is 0 Å². The lowest BCUT2D eigenvalue weighted by molar-refractivity contribution is -0.129. The van der Waals surface area contributed by atoms with E-state index in [1.54, 1.807) is 19.1 Å². The summed E-state index contributed by atoms with van der Waals surface area (Å²) in [5.41, 5.74) is 2.75. The molecule has 0 aliphatic carbocycles. The summed E-state index contributed by atoms with van der Waals surface area (Å²) in [6.07, 6.45) is -0.378. The van der Waals surface area contributed by atoms with Crippen LogP contribution in [0.4, 0.5) is 8.78 Å². The van der Waals surface area contributed by atoms with Crippen molar-refractivity contribution in [2.75, 3.05) is 6.26 Å². The molecule has 0 fully saturated rings. The van der Waals surface area contributed by atoms with Gasteiger partial charge in [0.25, 0.3) is 5.91 Å². The lowest BCUT2D eigenvalue weighted by Crippen LogP contribution is -2.40. The molecule has 0 aromatic heterocycles. The average Bonchev–Trinajstić information content (AvgIpc) is 3.19. The van der Waals surface area contributed by atoms with Gasteiger partial charge in [-0.25, -0.2) is 22.7 Å². The number of sulfone groups is 1. The van der Waals surface area contributed by atoms with Crippen molar-refractivity contribution in [3.05, 3.63) is 59.2 Å². The molecule has 11 heteroatoms. The second-order valence-electron chi connectivity index (χ2n) is 8.06. The smallest absolute Gasteiger partial charge is 0.261 e. The van der Waals surface area contributed by atoms with Crippen LogP contribution in [0.25, 0.3) is 11.1 Å². The van der Waals surface area contributed by atoms with Crippen LogP contribution in [0.15, 0.2) is 41.6 Å². The first kappa shape index (κ1) is 24.7. The highest BCUT2D eigenvalue weighted by molar-refractivity contribution is 7.92. The van der Waals surface area contributed by atoms with Crippen molar-refractivity contribution in [1.82, 2.24) is 5.48 Å². The molecule has 178 valence electrons. The highest BCUT2D eigenvalue weighted by Gasteiger charge is 2.35. The molecule has 0 radical (unpaired) electrons. The van der Waals surface area contributed by atoms with E-state index in [1.165, 1.54) is 29.7 Å². The number of nitrogens with zero attached hydrogens (tertiary/aromatic N) is 1. The van der Waals surface area contributed by atoms with Gasteiger partial charge in [-0.1, -0.05) is 29.4 Å². The third kappa shape index (κ3) is 5.92. The largest absolute Gasteiger partial charge is 0.393 e. The number of aliphatic hydroxyl groups excluding tert-OH is 1. The Labute approximate surface area is 189 Å². The van der Waals surface area contributed by atoms with E-state index in [2.05, 4.69) is 5.16 Å². The summed E-state index contributed by atoms with van der Waals surface area (Å²) < 4.78 is 53.0. The molecular weight excluding hydrogens is 458 g/mol. The van der Waals surface area contributed by atoms with E-state index in [9.17, 15) is 27.1 Å². The van der Waals surface area contributed by atoms with E-state index < -0.39 is 44.8 Å². The van der Waals surface area contributed by atoms with Crippen LogP contribution in [-0.4, -0.2) is 54.1 Å². The first-order chi connectivity index (χ1) is 15.5. The van der Waals surface area contributed by atoms with Gasteiger partial charge >= 0.3 is 0 Å². The molecule has 0 spiro atoms. The van der Waals surface area contributed by atoms with Crippen LogP contribution < -0.4 is 5.48 Å². The molecule has 3 atom stereocenters. The maximum atomic E-state index is 14.8. The summed E-state index contributed by atoms with van der Waals surface area (Å²) in [6.45, 7) is 1.59. The van der Waals surface area contributed by atoms with Crippen LogP contribution in [0.5, 0.6) is 0 Å². The van der Waals surface area contributed by atoms with Crippen LogP contribution in [0.1, 0.15) is 30.9 Å². The number of hydrogen-bond donors (Lipinski definition) is 3. The maximum absolute atomic E-state index is 14.8. The first-order valence-corrected chi connectivity index (χ1v) is 12.1. The van der Waals surface area contributed by atoms with Crippen molar-refractivity contribution < 1.29 is 37.1 Å². The highest BCUT2D eigenvalue weighted by Crippen LogP contribution is 2.29. The Kier molecular flexibility index (Phi) is 7.45. The molecular formula is C22H24F2N2O6S. The highest BCUT2D eigenvalue weighted by atomic mass is 32.2. The quantitative estimate of drug-likeness (QED) is 0.392. The molecule has 1 amide bonds. The van der Waals surface area contributed by atoms with E-state index >= 15 is 0 Å². The number of amides is 1. The third-order valence-electron chi connectivity index (χ3n) is 5.29. The van der Waals surface area contributed by atoms with Gasteiger partial charge in [-0.15, -0.1) is 0 Å². The Hall–Kier alpha value is -2.89. The predicted molar refractivity (Wildman–Crippen MR) is 116 cm³/mol. The molecule has 2 aromatic carbocycles. The number of carbonyl (C=O) groups is 1. The maximum Gasteiger partial charge on any atom is 0.261 e. The molecule has 1 aliphatic rings. The molecule has 8 nitrogen and oxygen atoms in total. The molecule has 3 unspecified atom stereocenters. The fourth-order valence-electron chi connectivity index (χ4n) is 3.67. The standard InChI is InChI=1S/C22H24F2N2O6S/c1-12(27)7-13-3-5-16(18(23)8-13)17-6-4-14(9-19(17)24)20-10-15(32-26-20)11-21(22(28)25-29)33(2,30)31/h3-6,8-9,12,15,21,27,29H,7,10-11H2,1-2H3,(H,25,28). The number of nitrogens with one attached hydrogen (secondary N) is 1. The van der Waals surface area contributed by atoms with Crippen molar-refractivity contribution in [3.63, 3.8) is 0 Å². The summed E-state index contributed by atoms with van der Waals surface area (Å²) >= 11 is 0. The van der Waals surface area contributed by atoms with E-state index in [1.807, 2.05) is 0 Å². The number of aliphatic hydroxyl groups is 1. The minimum atomic E-state index is -3.82. The molecule has 0 saturated heterocycles. The Balaban J connectivity index is 1.75. The minimum absolute atomic E-state index is 0.0488. The molecule has 33 heavy (non-hydrogen) atoms. The van der Waals surface area contributed by atoms with Crippen LogP contribution in [0.2, 0.25) is 0 Å². The minimum Gasteiger partial charge on any atom is -0.393 e. The zero-order valence-electron chi connectivity index (χ0n) is 18.0. The normalized spacial score (nSPS) is 17.8. The number of halogens is 2. The SMILES string of the molecule is CC(O)Cc1ccc(-c2ccc(C3=NOC(CC(C(=O)NO)S(C)(=O)=O)C3)cc2F)c(F)c1. The monoisotopic (exact) mass is 482 g/mol. The van der Waals surface area contributed by atoms with Gasteiger partial charge in [0.15, 0.2) is 9.84 Å². The van der Waals surface area contributed by atoms with E-state index in [0.29, 0.717) is 16.8 Å². The molecule has 0 bridgehead atoms. The summed E-state index contributed by atoms with van der Waals surface area (Å²) in [5, 5.41) is 20.6. The van der Waals surface area contributed by atoms with E-state index in [0.717, 1.165) is 6.26 Å². The van der Waals surface area contributed by atoms with Crippen molar-refractivity contribution in [2.45, 2.75) is 43.6 Å². The summed E-state index contributed by atoms with van der Waals surface area (Å²) in [5.74, 6) is -2.38. The zero-order valence-corrected chi connectivity index (χ0v) is 18.8. The van der Waals surface area contributed by atoms with Crippen LogP contribution >= 0.6 is 0 Å². The summed E-state index contributed by atoms with van der Waals surface area (Å²) in [7, 11) is -3.82. The van der Waals surface area contributed by atoms with Crippen LogP contribution in [0.3, 0.4) is 0 Å². The number of hydrogen-bond acceptors (Lipinski definition) is 7. The van der Waals surface area contributed by atoms with Gasteiger partial charge in [-0.3, -0.25) is 10.0 Å². The number of carbonyl (C=O) groups excluding carboxylic acids is 1. The molecule has 2 aromatic rings. The lowest BCUT2D eigenvalue weighted by atomic mass is 9.97. The molecule has 1 aliphatic heterocycles. The first-order valence-electron chi connectivity index (χ1n) is 10.1. The summed E-state index contributed by atoms with van der Waals surface area (Å²) in [6, 6.07) is 8.47. The predicted octanol–water partition coefficient (Wildman–Crippen LogP) is 2.36. The van der Waals surface area contributed by atoms with Crippen LogP contribution in [-0.2, 0) is 25.9 Å². The van der Waals surface area contributed by atoms with Gasteiger partial charge in [0.05, 0.1) is 11.8 Å². The van der Waals surface area contributed by atoms with Crippen LogP contribution in [0, 0.1) is 11.6 Å². The Bertz CT molecular complexity index is 1180. The van der Waals surface area contributed by atoms with Crippen molar-refractivity contribution in [2.24, 2.45) is 5.16 Å². The van der Waals surface area contributed by atoms with Gasteiger partial charge in [0, 0.05) is 35.8 Å². The lowest BCUT2D eigenvalue weighted by Gasteiger charge is -2.16.